The number of amides is 1. The number of carbonyl (C=O) groups excluding carboxylic acids is 1. The molecule has 0 aliphatic heterocycles. The van der Waals surface area contributed by atoms with Gasteiger partial charge in [-0.25, -0.2) is 0 Å². The van der Waals surface area contributed by atoms with Crippen LogP contribution in [0.15, 0.2) is 48.5 Å². The molecule has 0 spiro atoms. The van der Waals surface area contributed by atoms with E-state index in [2.05, 4.69) is 5.32 Å². The van der Waals surface area contributed by atoms with Crippen LogP contribution in [-0.2, 0) is 16.1 Å². The molecule has 6 nitrogen and oxygen atoms in total. The zero-order valence-corrected chi connectivity index (χ0v) is 14.9. The van der Waals surface area contributed by atoms with Gasteiger partial charge in [0.05, 0.1) is 18.2 Å². The number of rotatable bonds is 9. The van der Waals surface area contributed by atoms with E-state index < -0.39 is 6.10 Å². The molecular formula is C20H22N2O4. The lowest BCUT2D eigenvalue weighted by molar-refractivity contribution is -0.127. The standard InChI is InChI=1S/C20H22N2O4/c1-15(26-19-5-3-4-17(12-19)13-21)20(23)22-14-16-6-8-18(9-7-16)25-11-10-24-2/h3-9,12,15H,10-11,14H2,1-2H3,(H,22,23). The summed E-state index contributed by atoms with van der Waals surface area (Å²) in [6.45, 7) is 3.09. The van der Waals surface area contributed by atoms with Crippen LogP contribution in [-0.4, -0.2) is 32.3 Å². The molecule has 6 heteroatoms. The zero-order chi connectivity index (χ0) is 18.8. The number of carbonyl (C=O) groups is 1. The molecule has 1 amide bonds. The number of hydrogen-bond acceptors (Lipinski definition) is 5. The second-order valence-electron chi connectivity index (χ2n) is 5.60. The molecule has 1 unspecified atom stereocenters. The van der Waals surface area contributed by atoms with E-state index in [1.54, 1.807) is 38.3 Å². The molecule has 0 heterocycles. The van der Waals surface area contributed by atoms with Crippen molar-refractivity contribution in [2.45, 2.75) is 19.6 Å². The SMILES string of the molecule is COCCOc1ccc(CNC(=O)C(C)Oc2cccc(C#N)c2)cc1. The van der Waals surface area contributed by atoms with Crippen molar-refractivity contribution in [3.05, 3.63) is 59.7 Å². The molecule has 2 aromatic rings. The Labute approximate surface area is 153 Å². The average molecular weight is 354 g/mol. The highest BCUT2D eigenvalue weighted by atomic mass is 16.5. The number of methoxy groups -OCH3 is 1. The fraction of sp³-hybridized carbons (Fsp3) is 0.300. The molecule has 0 aromatic heterocycles. The molecule has 0 radical (unpaired) electrons. The lowest BCUT2D eigenvalue weighted by atomic mass is 10.2. The van der Waals surface area contributed by atoms with Crippen molar-refractivity contribution >= 4 is 5.91 Å². The van der Waals surface area contributed by atoms with Gasteiger partial charge in [-0.3, -0.25) is 4.79 Å². The highest BCUT2D eigenvalue weighted by Gasteiger charge is 2.14. The number of ether oxygens (including phenoxy) is 3. The van der Waals surface area contributed by atoms with Crippen LogP contribution in [0.1, 0.15) is 18.1 Å². The predicted molar refractivity (Wildman–Crippen MR) is 96.9 cm³/mol. The summed E-state index contributed by atoms with van der Waals surface area (Å²) in [5.74, 6) is 1.02. The normalized spacial score (nSPS) is 11.3. The number of hydrogen-bond donors (Lipinski definition) is 1. The summed E-state index contributed by atoms with van der Waals surface area (Å²) in [5, 5.41) is 11.7. The van der Waals surface area contributed by atoms with Gasteiger partial charge in [-0.15, -0.1) is 0 Å². The van der Waals surface area contributed by atoms with Crippen molar-refractivity contribution in [3.8, 4) is 17.6 Å². The Morgan fingerprint density at radius 1 is 1.15 bits per heavy atom. The van der Waals surface area contributed by atoms with E-state index in [0.717, 1.165) is 11.3 Å². The maximum Gasteiger partial charge on any atom is 0.261 e. The molecule has 2 aromatic carbocycles. The lowest BCUT2D eigenvalue weighted by Gasteiger charge is -2.15. The summed E-state index contributed by atoms with van der Waals surface area (Å²) in [6.07, 6.45) is -0.666. The number of benzene rings is 2. The van der Waals surface area contributed by atoms with Crippen LogP contribution in [0.3, 0.4) is 0 Å². The average Bonchev–Trinajstić information content (AvgIpc) is 2.67. The minimum absolute atomic E-state index is 0.229. The highest BCUT2D eigenvalue weighted by molar-refractivity contribution is 5.80. The van der Waals surface area contributed by atoms with Gasteiger partial charge in [-0.1, -0.05) is 18.2 Å². The molecule has 1 atom stereocenters. The van der Waals surface area contributed by atoms with E-state index in [0.29, 0.717) is 31.1 Å². The minimum Gasteiger partial charge on any atom is -0.491 e. The number of nitrogens with one attached hydrogen (secondary N) is 1. The molecule has 0 aliphatic rings. The molecule has 2 rings (SSSR count). The van der Waals surface area contributed by atoms with Crippen LogP contribution >= 0.6 is 0 Å². The van der Waals surface area contributed by atoms with Gasteiger partial charge in [-0.05, 0) is 42.8 Å². The molecule has 0 saturated carbocycles. The lowest BCUT2D eigenvalue weighted by Crippen LogP contribution is -2.35. The summed E-state index contributed by atoms with van der Waals surface area (Å²) in [6, 6.07) is 16.2. The van der Waals surface area contributed by atoms with Gasteiger partial charge < -0.3 is 19.5 Å². The summed E-state index contributed by atoms with van der Waals surface area (Å²) in [7, 11) is 1.63. The molecule has 0 fully saturated rings. The van der Waals surface area contributed by atoms with Crippen molar-refractivity contribution in [1.29, 1.82) is 5.26 Å². The van der Waals surface area contributed by atoms with Crippen LogP contribution in [0, 0.1) is 11.3 Å². The molecule has 0 aliphatic carbocycles. The largest absolute Gasteiger partial charge is 0.491 e. The second kappa shape index (κ2) is 10.1. The summed E-state index contributed by atoms with van der Waals surface area (Å²) in [4.78, 5) is 12.2. The summed E-state index contributed by atoms with van der Waals surface area (Å²) >= 11 is 0. The van der Waals surface area contributed by atoms with Gasteiger partial charge in [0.1, 0.15) is 18.1 Å². The first-order chi connectivity index (χ1) is 12.6. The second-order valence-corrected chi connectivity index (χ2v) is 5.60. The van der Waals surface area contributed by atoms with Gasteiger partial charge in [0.25, 0.3) is 5.91 Å². The summed E-state index contributed by atoms with van der Waals surface area (Å²) in [5.41, 5.74) is 1.44. The van der Waals surface area contributed by atoms with Crippen LogP contribution in [0.5, 0.6) is 11.5 Å². The molecule has 136 valence electrons. The third-order valence-electron chi connectivity index (χ3n) is 3.59. The van der Waals surface area contributed by atoms with Crippen molar-refractivity contribution in [2.75, 3.05) is 20.3 Å². The first-order valence-electron chi connectivity index (χ1n) is 8.27. The van der Waals surface area contributed by atoms with Gasteiger partial charge in [0.2, 0.25) is 0 Å². The van der Waals surface area contributed by atoms with E-state index in [-0.39, 0.29) is 5.91 Å². The van der Waals surface area contributed by atoms with E-state index in [4.69, 9.17) is 19.5 Å². The third kappa shape index (κ3) is 6.11. The Balaban J connectivity index is 1.80. The van der Waals surface area contributed by atoms with Gasteiger partial charge in [-0.2, -0.15) is 5.26 Å². The van der Waals surface area contributed by atoms with Gasteiger partial charge in [0.15, 0.2) is 6.10 Å². The zero-order valence-electron chi connectivity index (χ0n) is 14.9. The Morgan fingerprint density at radius 2 is 1.92 bits per heavy atom. The van der Waals surface area contributed by atoms with Crippen LogP contribution in [0.25, 0.3) is 0 Å². The van der Waals surface area contributed by atoms with E-state index >= 15 is 0 Å². The topological polar surface area (TPSA) is 80.6 Å². The van der Waals surface area contributed by atoms with Crippen molar-refractivity contribution in [1.82, 2.24) is 5.32 Å². The van der Waals surface area contributed by atoms with E-state index in [1.807, 2.05) is 30.3 Å². The Kier molecular flexibility index (Phi) is 7.47. The Morgan fingerprint density at radius 3 is 2.62 bits per heavy atom. The van der Waals surface area contributed by atoms with Crippen molar-refractivity contribution in [3.63, 3.8) is 0 Å². The van der Waals surface area contributed by atoms with E-state index in [1.165, 1.54) is 0 Å². The maximum atomic E-state index is 12.2. The van der Waals surface area contributed by atoms with Crippen molar-refractivity contribution < 1.29 is 19.0 Å². The number of nitrogens with zero attached hydrogens (tertiary/aromatic N) is 1. The molecule has 0 bridgehead atoms. The highest BCUT2D eigenvalue weighted by Crippen LogP contribution is 2.15. The fourth-order valence-corrected chi connectivity index (χ4v) is 2.18. The minimum atomic E-state index is -0.666. The van der Waals surface area contributed by atoms with Crippen LogP contribution in [0.4, 0.5) is 0 Å². The fourth-order valence-electron chi connectivity index (χ4n) is 2.18. The predicted octanol–water partition coefficient (Wildman–Crippen LogP) is 2.67. The monoisotopic (exact) mass is 354 g/mol. The molecule has 1 N–H and O–H groups in total. The number of nitriles is 1. The Bertz CT molecular complexity index is 753. The van der Waals surface area contributed by atoms with Crippen molar-refractivity contribution in [2.24, 2.45) is 0 Å². The first-order valence-corrected chi connectivity index (χ1v) is 8.27. The third-order valence-corrected chi connectivity index (χ3v) is 3.59. The van der Waals surface area contributed by atoms with Crippen LogP contribution in [0.2, 0.25) is 0 Å². The maximum absolute atomic E-state index is 12.2. The van der Waals surface area contributed by atoms with Crippen LogP contribution < -0.4 is 14.8 Å². The van der Waals surface area contributed by atoms with Gasteiger partial charge in [0, 0.05) is 13.7 Å². The quantitative estimate of drug-likeness (QED) is 0.700. The smallest absolute Gasteiger partial charge is 0.261 e. The Hall–Kier alpha value is -3.04. The first kappa shape index (κ1) is 19.3. The molecule has 0 saturated heterocycles. The van der Waals surface area contributed by atoms with E-state index in [9.17, 15) is 4.79 Å². The summed E-state index contributed by atoms with van der Waals surface area (Å²) < 4.78 is 16.0. The molecule has 26 heavy (non-hydrogen) atoms. The van der Waals surface area contributed by atoms with Gasteiger partial charge >= 0.3 is 0 Å². The molecular weight excluding hydrogens is 332 g/mol.